The molecule has 29 heavy (non-hydrogen) atoms. The highest BCUT2D eigenvalue weighted by Crippen LogP contribution is 2.66. The molecular formula is C23H29NO5. The second kappa shape index (κ2) is 6.13. The van der Waals surface area contributed by atoms with Gasteiger partial charge in [-0.25, -0.2) is 0 Å². The molecule has 3 aliphatic heterocycles. The number of carbonyl (C=O) groups is 2. The van der Waals surface area contributed by atoms with E-state index in [1.54, 1.807) is 0 Å². The van der Waals surface area contributed by atoms with Crippen LogP contribution in [0.2, 0.25) is 0 Å². The van der Waals surface area contributed by atoms with Gasteiger partial charge in [0.1, 0.15) is 0 Å². The third-order valence-corrected chi connectivity index (χ3v) is 8.29. The number of amides is 1. The fourth-order valence-corrected chi connectivity index (χ4v) is 5.72. The van der Waals surface area contributed by atoms with Gasteiger partial charge in [-0.15, -0.1) is 0 Å². The molecule has 1 aromatic carbocycles. The molecule has 3 heterocycles. The Balaban J connectivity index is 1.24. The van der Waals surface area contributed by atoms with Crippen LogP contribution in [0.3, 0.4) is 0 Å². The summed E-state index contributed by atoms with van der Waals surface area (Å²) in [6, 6.07) is 6.14. The maximum atomic E-state index is 13.5. The average Bonchev–Trinajstić information content (AvgIpc) is 3.29. The summed E-state index contributed by atoms with van der Waals surface area (Å²) in [5.74, 6) is 1.97. The average molecular weight is 399 g/mol. The predicted molar refractivity (Wildman–Crippen MR) is 106 cm³/mol. The molecule has 1 aromatic rings. The van der Waals surface area contributed by atoms with Crippen LogP contribution in [0.15, 0.2) is 18.2 Å². The number of piperidine rings is 1. The molecule has 0 radical (unpaired) electrons. The van der Waals surface area contributed by atoms with Gasteiger partial charge in [-0.3, -0.25) is 9.59 Å². The minimum absolute atomic E-state index is 0.0126. The highest BCUT2D eigenvalue weighted by atomic mass is 16.7. The minimum Gasteiger partial charge on any atom is -0.454 e. The summed E-state index contributed by atoms with van der Waals surface area (Å²) in [4.78, 5) is 27.9. The molecule has 6 heteroatoms. The fourth-order valence-electron chi connectivity index (χ4n) is 5.72. The van der Waals surface area contributed by atoms with E-state index in [9.17, 15) is 9.59 Å². The molecule has 3 fully saturated rings. The van der Waals surface area contributed by atoms with Crippen molar-refractivity contribution >= 4 is 11.9 Å². The molecule has 1 unspecified atom stereocenters. The summed E-state index contributed by atoms with van der Waals surface area (Å²) >= 11 is 0. The van der Waals surface area contributed by atoms with Gasteiger partial charge in [0, 0.05) is 18.5 Å². The van der Waals surface area contributed by atoms with Gasteiger partial charge in [-0.05, 0) is 62.6 Å². The summed E-state index contributed by atoms with van der Waals surface area (Å²) in [7, 11) is 0. The second-order valence-electron chi connectivity index (χ2n) is 9.80. The molecular weight excluding hydrogens is 370 g/mol. The van der Waals surface area contributed by atoms with Gasteiger partial charge in [0.25, 0.3) is 5.91 Å². The SMILES string of the molecule is CC1(C)C2(C(=O)N3CCC(Cc4ccc5c(c4)OCO5)CC3)CC[C@@]1(C)C(=O)O2. The highest BCUT2D eigenvalue weighted by Gasteiger charge is 2.76. The Morgan fingerprint density at radius 3 is 2.48 bits per heavy atom. The van der Waals surface area contributed by atoms with E-state index in [0.717, 1.165) is 50.3 Å². The first-order chi connectivity index (χ1) is 13.8. The molecule has 2 bridgehead atoms. The van der Waals surface area contributed by atoms with E-state index in [-0.39, 0.29) is 11.9 Å². The number of rotatable bonds is 3. The van der Waals surface area contributed by atoms with Gasteiger partial charge in [-0.1, -0.05) is 19.9 Å². The van der Waals surface area contributed by atoms with E-state index in [1.807, 2.05) is 31.7 Å². The number of nitrogens with zero attached hydrogens (tertiary/aromatic N) is 1. The Labute approximate surface area is 171 Å². The Morgan fingerprint density at radius 1 is 1.10 bits per heavy atom. The van der Waals surface area contributed by atoms with Gasteiger partial charge in [0.05, 0.1) is 5.41 Å². The normalized spacial score (nSPS) is 32.5. The zero-order chi connectivity index (χ0) is 20.4. The summed E-state index contributed by atoms with van der Waals surface area (Å²) in [6.07, 6.45) is 4.26. The van der Waals surface area contributed by atoms with Crippen LogP contribution < -0.4 is 9.47 Å². The van der Waals surface area contributed by atoms with Crippen molar-refractivity contribution in [2.24, 2.45) is 16.7 Å². The fraction of sp³-hybridized carbons (Fsp3) is 0.652. The van der Waals surface area contributed by atoms with Crippen molar-refractivity contribution in [3.8, 4) is 11.5 Å². The number of hydrogen-bond acceptors (Lipinski definition) is 5. The first-order valence-electron chi connectivity index (χ1n) is 10.7. The van der Waals surface area contributed by atoms with Gasteiger partial charge >= 0.3 is 5.97 Å². The molecule has 0 spiro atoms. The molecule has 0 aromatic heterocycles. The first-order valence-corrected chi connectivity index (χ1v) is 10.7. The van der Waals surface area contributed by atoms with Crippen LogP contribution >= 0.6 is 0 Å². The van der Waals surface area contributed by atoms with Crippen LogP contribution in [0.1, 0.15) is 52.0 Å². The number of fused-ring (bicyclic) bond motifs is 3. The molecule has 2 atom stereocenters. The van der Waals surface area contributed by atoms with E-state index in [4.69, 9.17) is 14.2 Å². The van der Waals surface area contributed by atoms with Crippen LogP contribution in [0.5, 0.6) is 11.5 Å². The number of ether oxygens (including phenoxy) is 3. The highest BCUT2D eigenvalue weighted by molar-refractivity contribution is 5.96. The Hall–Kier alpha value is -2.24. The molecule has 5 rings (SSSR count). The molecule has 6 nitrogen and oxygen atoms in total. The second-order valence-corrected chi connectivity index (χ2v) is 9.80. The number of hydrogen-bond donors (Lipinski definition) is 0. The number of esters is 1. The molecule has 4 aliphatic rings. The zero-order valence-corrected chi connectivity index (χ0v) is 17.5. The van der Waals surface area contributed by atoms with Crippen LogP contribution in [0, 0.1) is 16.7 Å². The molecule has 0 N–H and O–H groups in total. The topological polar surface area (TPSA) is 65.1 Å². The predicted octanol–water partition coefficient (Wildman–Crippen LogP) is 3.32. The summed E-state index contributed by atoms with van der Waals surface area (Å²) in [6.45, 7) is 7.74. The van der Waals surface area contributed by atoms with E-state index < -0.39 is 16.4 Å². The van der Waals surface area contributed by atoms with Gasteiger partial charge in [0.15, 0.2) is 17.1 Å². The molecule has 2 saturated heterocycles. The number of carbonyl (C=O) groups excluding carboxylic acids is 2. The van der Waals surface area contributed by atoms with E-state index in [2.05, 4.69) is 12.1 Å². The van der Waals surface area contributed by atoms with Crippen molar-refractivity contribution in [3.05, 3.63) is 23.8 Å². The van der Waals surface area contributed by atoms with Gasteiger partial charge in [-0.2, -0.15) is 0 Å². The van der Waals surface area contributed by atoms with Crippen LogP contribution in [0.4, 0.5) is 0 Å². The van der Waals surface area contributed by atoms with Crippen LogP contribution in [-0.2, 0) is 20.7 Å². The number of likely N-dealkylation sites (tertiary alicyclic amines) is 1. The molecule has 156 valence electrons. The quantitative estimate of drug-likeness (QED) is 0.730. The summed E-state index contributed by atoms with van der Waals surface area (Å²) in [5, 5.41) is 0. The largest absolute Gasteiger partial charge is 0.454 e. The van der Waals surface area contributed by atoms with E-state index in [0.29, 0.717) is 19.1 Å². The van der Waals surface area contributed by atoms with Crippen molar-refractivity contribution in [1.29, 1.82) is 0 Å². The third kappa shape index (κ3) is 2.47. The standard InChI is InChI=1S/C23H29NO5/c1-21(2)22(3)8-9-23(21,29-20(22)26)19(25)24-10-6-15(7-11-24)12-16-4-5-17-18(13-16)28-14-27-17/h4-5,13,15H,6-12,14H2,1-3H3/t22-,23?/m0/s1. The lowest BCUT2D eigenvalue weighted by Crippen LogP contribution is -2.56. The van der Waals surface area contributed by atoms with E-state index >= 15 is 0 Å². The minimum atomic E-state index is -0.983. The summed E-state index contributed by atoms with van der Waals surface area (Å²) in [5.41, 5.74) is -0.768. The number of benzene rings is 1. The van der Waals surface area contributed by atoms with Crippen molar-refractivity contribution in [3.63, 3.8) is 0 Å². The van der Waals surface area contributed by atoms with E-state index in [1.165, 1.54) is 5.56 Å². The van der Waals surface area contributed by atoms with Crippen molar-refractivity contribution in [2.75, 3.05) is 19.9 Å². The maximum absolute atomic E-state index is 13.5. The zero-order valence-electron chi connectivity index (χ0n) is 17.5. The lowest BCUT2D eigenvalue weighted by Gasteiger charge is -2.41. The van der Waals surface area contributed by atoms with Gasteiger partial charge in [0.2, 0.25) is 6.79 Å². The maximum Gasteiger partial charge on any atom is 0.313 e. The van der Waals surface area contributed by atoms with Crippen molar-refractivity contribution in [2.45, 2.75) is 58.5 Å². The molecule has 1 amide bonds. The Kier molecular flexibility index (Phi) is 3.97. The lowest BCUT2D eigenvalue weighted by molar-refractivity contribution is -0.174. The molecule has 1 aliphatic carbocycles. The van der Waals surface area contributed by atoms with Crippen molar-refractivity contribution in [1.82, 2.24) is 4.90 Å². The van der Waals surface area contributed by atoms with Crippen LogP contribution in [0.25, 0.3) is 0 Å². The third-order valence-electron chi connectivity index (χ3n) is 8.29. The monoisotopic (exact) mass is 399 g/mol. The summed E-state index contributed by atoms with van der Waals surface area (Å²) < 4.78 is 16.7. The Morgan fingerprint density at radius 2 is 1.83 bits per heavy atom. The Bertz CT molecular complexity index is 872. The lowest BCUT2D eigenvalue weighted by atomic mass is 9.66. The smallest absolute Gasteiger partial charge is 0.313 e. The van der Waals surface area contributed by atoms with Crippen molar-refractivity contribution < 1.29 is 23.8 Å². The van der Waals surface area contributed by atoms with Gasteiger partial charge < -0.3 is 19.1 Å². The first kappa shape index (κ1) is 18.8. The van der Waals surface area contributed by atoms with Crippen LogP contribution in [-0.4, -0.2) is 42.3 Å². The molecule has 1 saturated carbocycles.